The monoisotopic (exact) mass is 367 g/mol. The fourth-order valence-electron chi connectivity index (χ4n) is 3.50. The number of aromatic nitrogens is 1. The van der Waals surface area contributed by atoms with Gasteiger partial charge in [-0.25, -0.2) is 9.59 Å². The lowest BCUT2D eigenvalue weighted by Crippen LogP contribution is -2.44. The molecule has 142 valence electrons. The molecule has 0 unspecified atom stereocenters. The normalized spacial score (nSPS) is 13.9. The zero-order valence-electron chi connectivity index (χ0n) is 15.7. The molecule has 3 rings (SSSR count). The highest BCUT2D eigenvalue weighted by Crippen LogP contribution is 2.32. The third kappa shape index (κ3) is 4.64. The third-order valence-electron chi connectivity index (χ3n) is 4.90. The maximum absolute atomic E-state index is 12.5. The Labute approximate surface area is 159 Å². The highest BCUT2D eigenvalue weighted by Gasteiger charge is 2.22. The SMILES string of the molecule is CC(C)c1cc2c(cc1NC(=O)N[C@H](Cc1cccnc1)C(=O)O)CCC2. The van der Waals surface area contributed by atoms with Crippen LogP contribution in [0.2, 0.25) is 0 Å². The highest BCUT2D eigenvalue weighted by molar-refractivity contribution is 5.93. The van der Waals surface area contributed by atoms with Crippen LogP contribution in [0.15, 0.2) is 36.7 Å². The quantitative estimate of drug-likeness (QED) is 0.729. The molecule has 3 N–H and O–H groups in total. The van der Waals surface area contributed by atoms with Gasteiger partial charge >= 0.3 is 12.0 Å². The topological polar surface area (TPSA) is 91.3 Å². The Morgan fingerprint density at radius 1 is 1.22 bits per heavy atom. The van der Waals surface area contributed by atoms with Crippen molar-refractivity contribution in [2.45, 2.75) is 51.5 Å². The molecule has 6 heteroatoms. The number of aryl methyl sites for hydroxylation is 2. The Balaban J connectivity index is 1.73. The van der Waals surface area contributed by atoms with E-state index in [0.717, 1.165) is 36.1 Å². The van der Waals surface area contributed by atoms with Crippen LogP contribution in [-0.4, -0.2) is 28.1 Å². The molecule has 1 atom stereocenters. The number of rotatable bonds is 6. The number of benzene rings is 1. The number of nitrogens with zero attached hydrogens (tertiary/aromatic N) is 1. The summed E-state index contributed by atoms with van der Waals surface area (Å²) in [5.74, 6) is -0.816. The number of pyridine rings is 1. The molecule has 0 saturated heterocycles. The number of carboxylic acids is 1. The molecule has 1 aromatic heterocycles. The minimum Gasteiger partial charge on any atom is -0.480 e. The van der Waals surface area contributed by atoms with E-state index in [4.69, 9.17) is 0 Å². The van der Waals surface area contributed by atoms with Crippen molar-refractivity contribution in [2.75, 3.05) is 5.32 Å². The number of amides is 2. The standard InChI is InChI=1S/C21H25N3O3/c1-13(2)17-10-15-6-3-7-16(15)11-18(17)23-21(27)24-19(20(25)26)9-14-5-4-8-22-12-14/h4-5,8,10-13,19H,3,6-7,9H2,1-2H3,(H,25,26)(H2,23,24,27)/t19-/m1/s1. The van der Waals surface area contributed by atoms with Crippen molar-refractivity contribution in [1.29, 1.82) is 0 Å². The van der Waals surface area contributed by atoms with Gasteiger partial charge in [0.05, 0.1) is 0 Å². The highest BCUT2D eigenvalue weighted by atomic mass is 16.4. The van der Waals surface area contributed by atoms with Crippen LogP contribution in [-0.2, 0) is 24.1 Å². The summed E-state index contributed by atoms with van der Waals surface area (Å²) in [5.41, 5.74) is 5.20. The average molecular weight is 367 g/mol. The number of hydrogen-bond acceptors (Lipinski definition) is 3. The first-order valence-corrected chi connectivity index (χ1v) is 9.29. The van der Waals surface area contributed by atoms with E-state index in [1.165, 1.54) is 11.1 Å². The first kappa shape index (κ1) is 18.9. The van der Waals surface area contributed by atoms with Gasteiger partial charge in [-0.3, -0.25) is 4.98 Å². The molecule has 0 bridgehead atoms. The minimum absolute atomic E-state index is 0.178. The fraction of sp³-hybridized carbons (Fsp3) is 0.381. The van der Waals surface area contributed by atoms with Crippen molar-refractivity contribution in [3.63, 3.8) is 0 Å². The van der Waals surface area contributed by atoms with Crippen molar-refractivity contribution in [1.82, 2.24) is 10.3 Å². The first-order chi connectivity index (χ1) is 12.9. The number of aliphatic carboxylic acids is 1. The lowest BCUT2D eigenvalue weighted by molar-refractivity contribution is -0.139. The van der Waals surface area contributed by atoms with E-state index in [0.29, 0.717) is 0 Å². The number of carbonyl (C=O) groups is 2. The van der Waals surface area contributed by atoms with Crippen LogP contribution in [0.5, 0.6) is 0 Å². The summed E-state index contributed by atoms with van der Waals surface area (Å²) < 4.78 is 0. The van der Waals surface area contributed by atoms with Crippen LogP contribution < -0.4 is 10.6 Å². The summed E-state index contributed by atoms with van der Waals surface area (Å²) in [6, 6.07) is 6.21. The van der Waals surface area contributed by atoms with E-state index in [2.05, 4.69) is 35.5 Å². The Bertz CT molecular complexity index is 834. The zero-order chi connectivity index (χ0) is 19.4. The van der Waals surface area contributed by atoms with Crippen molar-refractivity contribution in [3.05, 3.63) is 58.9 Å². The molecule has 1 heterocycles. The van der Waals surface area contributed by atoms with Crippen LogP contribution in [0.25, 0.3) is 0 Å². The molecule has 2 amide bonds. The smallest absolute Gasteiger partial charge is 0.326 e. The lowest BCUT2D eigenvalue weighted by atomic mass is 9.96. The Morgan fingerprint density at radius 3 is 2.59 bits per heavy atom. The molecule has 1 aromatic carbocycles. The molecule has 1 aliphatic carbocycles. The summed E-state index contributed by atoms with van der Waals surface area (Å²) in [5, 5.41) is 14.9. The van der Waals surface area contributed by atoms with Crippen molar-refractivity contribution in [3.8, 4) is 0 Å². The van der Waals surface area contributed by atoms with Gasteiger partial charge in [-0.1, -0.05) is 26.0 Å². The maximum atomic E-state index is 12.5. The van der Waals surface area contributed by atoms with Crippen LogP contribution >= 0.6 is 0 Å². The molecule has 1 aliphatic rings. The van der Waals surface area contributed by atoms with Gasteiger partial charge in [-0.15, -0.1) is 0 Å². The van der Waals surface area contributed by atoms with Crippen LogP contribution in [0.3, 0.4) is 0 Å². The summed E-state index contributed by atoms with van der Waals surface area (Å²) in [6.07, 6.45) is 6.64. The number of carbonyl (C=O) groups excluding carboxylic acids is 1. The van der Waals surface area contributed by atoms with Gasteiger partial charge in [0.2, 0.25) is 0 Å². The number of fused-ring (bicyclic) bond motifs is 1. The predicted molar refractivity (Wildman–Crippen MR) is 104 cm³/mol. The van der Waals surface area contributed by atoms with Crippen LogP contribution in [0.1, 0.15) is 48.4 Å². The zero-order valence-corrected chi connectivity index (χ0v) is 15.7. The maximum Gasteiger partial charge on any atom is 0.326 e. The van der Waals surface area contributed by atoms with E-state index in [9.17, 15) is 14.7 Å². The van der Waals surface area contributed by atoms with Crippen molar-refractivity contribution < 1.29 is 14.7 Å². The number of nitrogens with one attached hydrogen (secondary N) is 2. The second kappa shape index (κ2) is 8.20. The predicted octanol–water partition coefficient (Wildman–Crippen LogP) is 3.51. The van der Waals surface area contributed by atoms with E-state index >= 15 is 0 Å². The van der Waals surface area contributed by atoms with Crippen molar-refractivity contribution in [2.24, 2.45) is 0 Å². The molecular formula is C21H25N3O3. The minimum atomic E-state index is -1.08. The Kier molecular flexibility index (Phi) is 5.74. The van der Waals surface area contributed by atoms with Gasteiger partial charge in [-0.2, -0.15) is 0 Å². The van der Waals surface area contributed by atoms with E-state index in [1.807, 2.05) is 6.07 Å². The van der Waals surface area contributed by atoms with E-state index < -0.39 is 18.0 Å². The summed E-state index contributed by atoms with van der Waals surface area (Å²) in [7, 11) is 0. The number of hydrogen-bond donors (Lipinski definition) is 3. The fourth-order valence-corrected chi connectivity index (χ4v) is 3.50. The Hall–Kier alpha value is -2.89. The molecule has 0 spiro atoms. The van der Waals surface area contributed by atoms with Crippen LogP contribution in [0, 0.1) is 0 Å². The number of urea groups is 1. The third-order valence-corrected chi connectivity index (χ3v) is 4.90. The largest absolute Gasteiger partial charge is 0.480 e. The molecule has 0 aliphatic heterocycles. The van der Waals surface area contributed by atoms with Crippen molar-refractivity contribution >= 4 is 17.7 Å². The number of anilines is 1. The lowest BCUT2D eigenvalue weighted by Gasteiger charge is -2.19. The molecule has 0 saturated carbocycles. The molecule has 0 radical (unpaired) electrons. The van der Waals surface area contributed by atoms with E-state index in [-0.39, 0.29) is 12.3 Å². The second-order valence-electron chi connectivity index (χ2n) is 7.27. The first-order valence-electron chi connectivity index (χ1n) is 9.29. The second-order valence-corrected chi connectivity index (χ2v) is 7.27. The van der Waals surface area contributed by atoms with Gasteiger partial charge in [0.15, 0.2) is 0 Å². The van der Waals surface area contributed by atoms with Gasteiger partial charge in [-0.05, 0) is 59.6 Å². The average Bonchev–Trinajstić information content (AvgIpc) is 3.08. The van der Waals surface area contributed by atoms with Crippen LogP contribution in [0.4, 0.5) is 10.5 Å². The molecule has 0 fully saturated rings. The summed E-state index contributed by atoms with van der Waals surface area (Å²) in [4.78, 5) is 28.0. The Morgan fingerprint density at radius 2 is 1.96 bits per heavy atom. The number of carboxylic acid groups (broad SMARTS) is 1. The molecular weight excluding hydrogens is 342 g/mol. The van der Waals surface area contributed by atoms with Gasteiger partial charge < -0.3 is 15.7 Å². The molecule has 2 aromatic rings. The van der Waals surface area contributed by atoms with Gasteiger partial charge in [0.25, 0.3) is 0 Å². The molecule has 6 nitrogen and oxygen atoms in total. The van der Waals surface area contributed by atoms with E-state index in [1.54, 1.807) is 24.5 Å². The summed E-state index contributed by atoms with van der Waals surface area (Å²) in [6.45, 7) is 4.17. The molecule has 27 heavy (non-hydrogen) atoms. The van der Waals surface area contributed by atoms with Gasteiger partial charge in [0.1, 0.15) is 6.04 Å². The summed E-state index contributed by atoms with van der Waals surface area (Å²) >= 11 is 0. The van der Waals surface area contributed by atoms with Gasteiger partial charge in [0, 0.05) is 24.5 Å².